The molecular formula is C19H14O3. The standard InChI is InChI=1S/C19H14O3/c1-2-3-6-12-22-16-11-7-10-15-17(16)19(21)14-9-5-4-8-13(14)18(15)20/h4-5,7-11H,6,12H2,1H3. The van der Waals surface area contributed by atoms with Gasteiger partial charge in [-0.2, -0.15) is 0 Å². The first-order chi connectivity index (χ1) is 10.7. The van der Waals surface area contributed by atoms with Crippen LogP contribution in [0, 0.1) is 11.8 Å². The van der Waals surface area contributed by atoms with E-state index in [9.17, 15) is 9.59 Å². The van der Waals surface area contributed by atoms with Crippen LogP contribution < -0.4 is 4.74 Å². The molecule has 22 heavy (non-hydrogen) atoms. The highest BCUT2D eigenvalue weighted by Gasteiger charge is 2.31. The smallest absolute Gasteiger partial charge is 0.198 e. The van der Waals surface area contributed by atoms with Crippen LogP contribution in [0.5, 0.6) is 5.75 Å². The van der Waals surface area contributed by atoms with Gasteiger partial charge in [0.1, 0.15) is 5.75 Å². The Bertz CT molecular complexity index is 822. The van der Waals surface area contributed by atoms with Gasteiger partial charge in [-0.1, -0.05) is 36.4 Å². The Balaban J connectivity index is 2.02. The fraction of sp³-hybridized carbons (Fsp3) is 0.158. The topological polar surface area (TPSA) is 43.4 Å². The summed E-state index contributed by atoms with van der Waals surface area (Å²) in [6.07, 6.45) is 0.582. The zero-order chi connectivity index (χ0) is 15.5. The Morgan fingerprint density at radius 2 is 1.59 bits per heavy atom. The van der Waals surface area contributed by atoms with Gasteiger partial charge >= 0.3 is 0 Å². The lowest BCUT2D eigenvalue weighted by Gasteiger charge is -2.19. The predicted molar refractivity (Wildman–Crippen MR) is 83.3 cm³/mol. The van der Waals surface area contributed by atoms with Gasteiger partial charge in [-0.05, 0) is 13.0 Å². The van der Waals surface area contributed by atoms with Crippen molar-refractivity contribution >= 4 is 11.6 Å². The van der Waals surface area contributed by atoms with E-state index < -0.39 is 0 Å². The van der Waals surface area contributed by atoms with Crippen LogP contribution in [0.2, 0.25) is 0 Å². The van der Waals surface area contributed by atoms with Crippen LogP contribution >= 0.6 is 0 Å². The van der Waals surface area contributed by atoms with Crippen LogP contribution in [0.4, 0.5) is 0 Å². The molecule has 0 aromatic heterocycles. The number of fused-ring (bicyclic) bond motifs is 2. The maximum absolute atomic E-state index is 12.7. The number of hydrogen-bond acceptors (Lipinski definition) is 3. The first-order valence-electron chi connectivity index (χ1n) is 7.08. The van der Waals surface area contributed by atoms with Crippen molar-refractivity contribution in [1.29, 1.82) is 0 Å². The number of ether oxygens (including phenoxy) is 1. The summed E-state index contributed by atoms with van der Waals surface area (Å²) in [4.78, 5) is 25.3. The number of benzene rings is 2. The summed E-state index contributed by atoms with van der Waals surface area (Å²) in [5.74, 6) is 5.85. The molecule has 0 aliphatic heterocycles. The van der Waals surface area contributed by atoms with E-state index in [0.29, 0.717) is 41.0 Å². The number of carbonyl (C=O) groups excluding carboxylic acids is 2. The highest BCUT2D eigenvalue weighted by molar-refractivity contribution is 6.29. The molecule has 2 aromatic rings. The van der Waals surface area contributed by atoms with Crippen LogP contribution in [0.15, 0.2) is 42.5 Å². The van der Waals surface area contributed by atoms with Gasteiger partial charge in [0.05, 0.1) is 12.2 Å². The first-order valence-corrected chi connectivity index (χ1v) is 7.08. The summed E-state index contributed by atoms with van der Waals surface area (Å²) in [5, 5.41) is 0. The first kappa shape index (κ1) is 14.1. The highest BCUT2D eigenvalue weighted by atomic mass is 16.5. The van der Waals surface area contributed by atoms with E-state index in [-0.39, 0.29) is 11.6 Å². The van der Waals surface area contributed by atoms with Crippen LogP contribution in [0.25, 0.3) is 0 Å². The minimum Gasteiger partial charge on any atom is -0.492 e. The second kappa shape index (κ2) is 5.87. The second-order valence-electron chi connectivity index (χ2n) is 4.91. The van der Waals surface area contributed by atoms with Gasteiger partial charge in [-0.15, -0.1) is 11.8 Å². The van der Waals surface area contributed by atoms with Crippen LogP contribution in [0.1, 0.15) is 45.2 Å². The summed E-state index contributed by atoms with van der Waals surface area (Å²) in [7, 11) is 0. The molecule has 0 saturated carbocycles. The third kappa shape index (κ3) is 2.29. The van der Waals surface area contributed by atoms with E-state index in [2.05, 4.69) is 11.8 Å². The zero-order valence-corrected chi connectivity index (χ0v) is 12.2. The van der Waals surface area contributed by atoms with Crippen molar-refractivity contribution in [1.82, 2.24) is 0 Å². The summed E-state index contributed by atoms with van der Waals surface area (Å²) in [6.45, 7) is 2.16. The van der Waals surface area contributed by atoms with Crippen LogP contribution in [-0.4, -0.2) is 18.2 Å². The number of rotatable bonds is 3. The molecule has 0 spiro atoms. The van der Waals surface area contributed by atoms with Crippen molar-refractivity contribution in [3.05, 3.63) is 64.7 Å². The SMILES string of the molecule is CC#CCCOc1cccc2c1C(=O)c1ccccc1C2=O. The summed E-state index contributed by atoms with van der Waals surface area (Å²) < 4.78 is 5.66. The monoisotopic (exact) mass is 290 g/mol. The molecule has 3 rings (SSSR count). The zero-order valence-electron chi connectivity index (χ0n) is 12.2. The van der Waals surface area contributed by atoms with Crippen molar-refractivity contribution < 1.29 is 14.3 Å². The van der Waals surface area contributed by atoms with Crippen LogP contribution in [0.3, 0.4) is 0 Å². The quantitative estimate of drug-likeness (QED) is 0.549. The average Bonchev–Trinajstić information content (AvgIpc) is 2.56. The van der Waals surface area contributed by atoms with Crippen molar-refractivity contribution in [3.8, 4) is 17.6 Å². The lowest BCUT2D eigenvalue weighted by molar-refractivity contribution is 0.0975. The maximum Gasteiger partial charge on any atom is 0.198 e. The number of hydrogen-bond donors (Lipinski definition) is 0. The molecule has 3 nitrogen and oxygen atoms in total. The molecule has 2 aromatic carbocycles. The lowest BCUT2D eigenvalue weighted by atomic mass is 9.83. The van der Waals surface area contributed by atoms with E-state index in [1.165, 1.54) is 0 Å². The normalized spacial score (nSPS) is 12.0. The lowest BCUT2D eigenvalue weighted by Crippen LogP contribution is -2.21. The largest absolute Gasteiger partial charge is 0.492 e. The summed E-state index contributed by atoms with van der Waals surface area (Å²) >= 11 is 0. The fourth-order valence-electron chi connectivity index (χ4n) is 2.57. The van der Waals surface area contributed by atoms with Crippen LogP contribution in [-0.2, 0) is 0 Å². The Morgan fingerprint density at radius 3 is 2.32 bits per heavy atom. The minimum absolute atomic E-state index is 0.135. The Hall–Kier alpha value is -2.86. The molecule has 0 amide bonds. The molecule has 3 heteroatoms. The molecule has 0 unspecified atom stereocenters. The molecule has 0 atom stereocenters. The van der Waals surface area contributed by atoms with E-state index in [1.807, 2.05) is 0 Å². The molecule has 1 aliphatic carbocycles. The van der Waals surface area contributed by atoms with Gasteiger partial charge in [-0.25, -0.2) is 0 Å². The fourth-order valence-corrected chi connectivity index (χ4v) is 2.57. The van der Waals surface area contributed by atoms with E-state index in [4.69, 9.17) is 4.74 Å². The Labute approximate surface area is 128 Å². The van der Waals surface area contributed by atoms with Gasteiger partial charge in [-0.3, -0.25) is 9.59 Å². The molecule has 0 saturated heterocycles. The van der Waals surface area contributed by atoms with Crippen molar-refractivity contribution in [2.75, 3.05) is 6.61 Å². The Kier molecular flexibility index (Phi) is 3.76. The third-order valence-corrected chi connectivity index (χ3v) is 3.58. The van der Waals surface area contributed by atoms with E-state index in [0.717, 1.165) is 0 Å². The van der Waals surface area contributed by atoms with Gasteiger partial charge < -0.3 is 4.74 Å². The van der Waals surface area contributed by atoms with Crippen molar-refractivity contribution in [3.63, 3.8) is 0 Å². The van der Waals surface area contributed by atoms with Gasteiger partial charge in [0.25, 0.3) is 0 Å². The maximum atomic E-state index is 12.7. The van der Waals surface area contributed by atoms with Gasteiger partial charge in [0.15, 0.2) is 11.6 Å². The Morgan fingerprint density at radius 1 is 0.909 bits per heavy atom. The third-order valence-electron chi connectivity index (χ3n) is 3.58. The molecule has 0 heterocycles. The second-order valence-corrected chi connectivity index (χ2v) is 4.91. The summed E-state index contributed by atoms with van der Waals surface area (Å²) in [5.41, 5.74) is 1.65. The van der Waals surface area contributed by atoms with Gasteiger partial charge in [0, 0.05) is 23.1 Å². The molecule has 1 aliphatic rings. The van der Waals surface area contributed by atoms with Crippen molar-refractivity contribution in [2.45, 2.75) is 13.3 Å². The summed E-state index contributed by atoms with van der Waals surface area (Å²) in [6, 6.07) is 12.0. The van der Waals surface area contributed by atoms with Crippen molar-refractivity contribution in [2.24, 2.45) is 0 Å². The van der Waals surface area contributed by atoms with E-state index >= 15 is 0 Å². The molecule has 0 bridgehead atoms. The number of ketones is 2. The molecule has 0 radical (unpaired) electrons. The minimum atomic E-state index is -0.164. The molecular weight excluding hydrogens is 276 g/mol. The molecule has 0 fully saturated rings. The molecule has 108 valence electrons. The number of carbonyl (C=O) groups is 2. The van der Waals surface area contributed by atoms with E-state index in [1.54, 1.807) is 49.4 Å². The predicted octanol–water partition coefficient (Wildman–Crippen LogP) is 3.25. The highest BCUT2D eigenvalue weighted by Crippen LogP contribution is 2.33. The van der Waals surface area contributed by atoms with Gasteiger partial charge in [0.2, 0.25) is 0 Å². The molecule has 0 N–H and O–H groups in total. The average molecular weight is 290 g/mol.